The Hall–Kier alpha value is -1.68. The van der Waals surface area contributed by atoms with Crippen molar-refractivity contribution in [1.82, 2.24) is 13.5 Å². The molecule has 11 heteroatoms. The average molecular weight is 488 g/mol. The van der Waals surface area contributed by atoms with E-state index in [4.69, 9.17) is 4.74 Å². The molecule has 1 aromatic rings. The predicted molar refractivity (Wildman–Crippen MR) is 123 cm³/mol. The van der Waals surface area contributed by atoms with Crippen LogP contribution in [0.25, 0.3) is 0 Å². The number of hydrogen-bond acceptors (Lipinski definition) is 7. The Morgan fingerprint density at radius 2 is 1.97 bits per heavy atom. The molecule has 1 N–H and O–H groups in total. The lowest BCUT2D eigenvalue weighted by Crippen LogP contribution is -2.50. The lowest BCUT2D eigenvalue weighted by molar-refractivity contribution is 0.0905. The van der Waals surface area contributed by atoms with Gasteiger partial charge in [-0.15, -0.1) is 0 Å². The molecule has 0 radical (unpaired) electrons. The Kier molecular flexibility index (Phi) is 8.72. The van der Waals surface area contributed by atoms with Crippen LogP contribution in [-0.4, -0.2) is 101 Å². The number of nitrogens with zero attached hydrogens (tertiary/aromatic N) is 3. The zero-order valence-corrected chi connectivity index (χ0v) is 21.1. The summed E-state index contributed by atoms with van der Waals surface area (Å²) in [6, 6.07) is 3.99. The van der Waals surface area contributed by atoms with Crippen LogP contribution >= 0.6 is 0 Å². The molecule has 9 nitrogen and oxygen atoms in total. The second-order valence-corrected chi connectivity index (χ2v) is 12.4. The molecule has 0 unspecified atom stereocenters. The lowest BCUT2D eigenvalue weighted by atomic mass is 10.0. The Balaban J connectivity index is 2.59. The molecule has 0 spiro atoms. The predicted octanol–water partition coefficient (Wildman–Crippen LogP) is 0.260. The molecular weight excluding hydrogens is 454 g/mol. The van der Waals surface area contributed by atoms with Crippen molar-refractivity contribution in [2.45, 2.75) is 30.9 Å². The summed E-state index contributed by atoms with van der Waals surface area (Å²) in [5.74, 6) is 5.78. The van der Waals surface area contributed by atoms with Crippen molar-refractivity contribution in [1.29, 1.82) is 0 Å². The molecule has 0 aromatic heterocycles. The van der Waals surface area contributed by atoms with E-state index in [-0.39, 0.29) is 36.3 Å². The Morgan fingerprint density at radius 1 is 1.31 bits per heavy atom. The highest BCUT2D eigenvalue weighted by Crippen LogP contribution is 2.34. The van der Waals surface area contributed by atoms with E-state index in [1.54, 1.807) is 26.0 Å². The van der Waals surface area contributed by atoms with Gasteiger partial charge in [-0.3, -0.25) is 4.90 Å². The Labute approximate surface area is 192 Å². The molecule has 0 amide bonds. The van der Waals surface area contributed by atoms with Crippen LogP contribution in [0, 0.1) is 17.8 Å². The fourth-order valence-electron chi connectivity index (χ4n) is 3.21. The van der Waals surface area contributed by atoms with Gasteiger partial charge in [-0.2, -0.15) is 4.31 Å². The van der Waals surface area contributed by atoms with Gasteiger partial charge in [-0.05, 0) is 39.2 Å². The highest BCUT2D eigenvalue weighted by atomic mass is 32.2. The summed E-state index contributed by atoms with van der Waals surface area (Å²) >= 11 is 0. The van der Waals surface area contributed by atoms with Crippen molar-refractivity contribution in [3.8, 4) is 17.6 Å². The molecule has 0 saturated heterocycles. The van der Waals surface area contributed by atoms with Crippen LogP contribution < -0.4 is 4.74 Å². The van der Waals surface area contributed by atoms with E-state index in [9.17, 15) is 21.9 Å². The summed E-state index contributed by atoms with van der Waals surface area (Å²) in [7, 11) is -2.17. The van der Waals surface area contributed by atoms with E-state index in [0.29, 0.717) is 12.1 Å². The first-order chi connectivity index (χ1) is 14.8. The molecule has 180 valence electrons. The topological polar surface area (TPSA) is 107 Å². The van der Waals surface area contributed by atoms with Gasteiger partial charge in [0.05, 0.1) is 26.0 Å². The van der Waals surface area contributed by atoms with Gasteiger partial charge in [0, 0.05) is 31.1 Å². The molecule has 0 saturated carbocycles. The fourth-order valence-corrected chi connectivity index (χ4v) is 5.45. The van der Waals surface area contributed by atoms with Crippen molar-refractivity contribution >= 4 is 20.0 Å². The number of fused-ring (bicyclic) bond motifs is 1. The highest BCUT2D eigenvalue weighted by Gasteiger charge is 2.38. The van der Waals surface area contributed by atoms with Crippen LogP contribution in [0.2, 0.25) is 0 Å². The quantitative estimate of drug-likeness (QED) is 0.574. The second-order valence-electron chi connectivity index (χ2n) is 8.48. The van der Waals surface area contributed by atoms with Crippen molar-refractivity contribution < 1.29 is 26.7 Å². The van der Waals surface area contributed by atoms with Gasteiger partial charge in [0.15, 0.2) is 0 Å². The summed E-state index contributed by atoms with van der Waals surface area (Å²) in [6.45, 7) is 3.76. The molecule has 1 aromatic carbocycles. The first kappa shape index (κ1) is 26.6. The monoisotopic (exact) mass is 487 g/mol. The normalized spacial score (nSPS) is 22.3. The van der Waals surface area contributed by atoms with Crippen LogP contribution in [0.3, 0.4) is 0 Å². The first-order valence-corrected chi connectivity index (χ1v) is 13.5. The molecule has 2 rings (SSSR count). The molecular formula is C21H33N3O6S2. The van der Waals surface area contributed by atoms with E-state index in [1.807, 2.05) is 19.0 Å². The van der Waals surface area contributed by atoms with Gasteiger partial charge in [-0.25, -0.2) is 21.1 Å². The molecule has 0 aliphatic carbocycles. The number of aliphatic hydroxyl groups is 1. The summed E-state index contributed by atoms with van der Waals surface area (Å²) in [4.78, 5) is 1.88. The van der Waals surface area contributed by atoms with E-state index in [1.165, 1.54) is 21.7 Å². The van der Waals surface area contributed by atoms with Crippen molar-refractivity contribution in [2.24, 2.45) is 5.92 Å². The molecule has 1 heterocycles. The van der Waals surface area contributed by atoms with E-state index in [0.717, 1.165) is 6.26 Å². The van der Waals surface area contributed by atoms with Gasteiger partial charge in [0.2, 0.25) is 20.0 Å². The minimum Gasteiger partial charge on any atom is -0.487 e. The fraction of sp³-hybridized carbons (Fsp3) is 0.619. The molecule has 0 fully saturated rings. The van der Waals surface area contributed by atoms with Gasteiger partial charge >= 0.3 is 0 Å². The minimum atomic E-state index is -3.96. The van der Waals surface area contributed by atoms with Gasteiger partial charge in [0.1, 0.15) is 16.7 Å². The standard InChI is InChI=1S/C21H33N3O6S2/c1-16-13-24(17(2)15-25)32(28,29)21-10-9-18(8-7-11-22(3)4)12-19(21)30-20(16)14-23(5)31(6,26)27/h9-10,12,16-17,20,25H,11,13-15H2,1-6H3/t16-,17+,20+/m1/s1. The number of hydrogen-bond donors (Lipinski definition) is 1. The lowest BCUT2D eigenvalue weighted by Gasteiger charge is -2.37. The smallest absolute Gasteiger partial charge is 0.247 e. The third-order valence-corrected chi connectivity index (χ3v) is 8.60. The van der Waals surface area contributed by atoms with Crippen molar-refractivity contribution in [3.05, 3.63) is 23.8 Å². The first-order valence-electron chi connectivity index (χ1n) is 10.3. The van der Waals surface area contributed by atoms with Crippen LogP contribution in [0.15, 0.2) is 23.1 Å². The average Bonchev–Trinajstić information content (AvgIpc) is 2.68. The highest BCUT2D eigenvalue weighted by molar-refractivity contribution is 7.89. The van der Waals surface area contributed by atoms with Crippen LogP contribution in [0.1, 0.15) is 19.4 Å². The number of ether oxygens (including phenoxy) is 1. The third-order valence-electron chi connectivity index (χ3n) is 5.30. The van der Waals surface area contributed by atoms with E-state index in [2.05, 4.69) is 11.8 Å². The van der Waals surface area contributed by atoms with Gasteiger partial charge in [0.25, 0.3) is 0 Å². The summed E-state index contributed by atoms with van der Waals surface area (Å²) < 4.78 is 59.3. The molecule has 3 atom stereocenters. The number of sulfonamides is 2. The van der Waals surface area contributed by atoms with Crippen LogP contribution in [0.5, 0.6) is 5.75 Å². The number of rotatable bonds is 6. The zero-order chi connectivity index (χ0) is 24.3. The number of benzene rings is 1. The Bertz CT molecular complexity index is 1080. The maximum Gasteiger partial charge on any atom is 0.247 e. The summed E-state index contributed by atoms with van der Waals surface area (Å²) in [5.41, 5.74) is 0.589. The SMILES string of the molecule is C[C@@H]1CN([C@@H](C)CO)S(=O)(=O)c2ccc(C#CCN(C)C)cc2O[C@H]1CN(C)S(C)(=O)=O. The maximum atomic E-state index is 13.4. The number of aliphatic hydroxyl groups excluding tert-OH is 1. The van der Waals surface area contributed by atoms with Crippen LogP contribution in [-0.2, 0) is 20.0 Å². The second kappa shape index (κ2) is 10.5. The van der Waals surface area contributed by atoms with Crippen molar-refractivity contribution in [3.63, 3.8) is 0 Å². The van der Waals surface area contributed by atoms with Gasteiger partial charge < -0.3 is 9.84 Å². The molecule has 1 aliphatic rings. The maximum absolute atomic E-state index is 13.4. The van der Waals surface area contributed by atoms with Crippen LogP contribution in [0.4, 0.5) is 0 Å². The summed E-state index contributed by atoms with van der Waals surface area (Å²) in [5, 5.41) is 9.67. The largest absolute Gasteiger partial charge is 0.487 e. The molecule has 1 aliphatic heterocycles. The number of likely N-dealkylation sites (N-methyl/N-ethyl adjacent to an activating group) is 1. The Morgan fingerprint density at radius 3 is 2.53 bits per heavy atom. The van der Waals surface area contributed by atoms with Crippen molar-refractivity contribution in [2.75, 3.05) is 53.6 Å². The zero-order valence-electron chi connectivity index (χ0n) is 19.4. The third kappa shape index (κ3) is 6.43. The van der Waals surface area contributed by atoms with E-state index < -0.39 is 32.2 Å². The van der Waals surface area contributed by atoms with E-state index >= 15 is 0 Å². The minimum absolute atomic E-state index is 0.0325. The summed E-state index contributed by atoms with van der Waals surface area (Å²) in [6.07, 6.45) is 0.500. The molecule has 32 heavy (non-hydrogen) atoms. The van der Waals surface area contributed by atoms with Gasteiger partial charge in [-0.1, -0.05) is 18.8 Å². The molecule has 0 bridgehead atoms.